The molecule has 0 fully saturated rings. The van der Waals surface area contributed by atoms with Crippen molar-refractivity contribution in [1.29, 1.82) is 0 Å². The number of carbonyl (C=O) groups excluding carboxylic acids is 1. The first-order chi connectivity index (χ1) is 10.0. The Balaban J connectivity index is 2.23. The molecule has 0 radical (unpaired) electrons. The van der Waals surface area contributed by atoms with Crippen LogP contribution in [0.1, 0.15) is 16.1 Å². The summed E-state index contributed by atoms with van der Waals surface area (Å²) in [6, 6.07) is 5.14. The van der Waals surface area contributed by atoms with E-state index in [0.29, 0.717) is 23.6 Å². The van der Waals surface area contributed by atoms with Gasteiger partial charge in [0.2, 0.25) is 0 Å². The monoisotopic (exact) mass is 305 g/mol. The molecule has 0 spiro atoms. The molecular weight excluding hydrogens is 288 g/mol. The topological polar surface area (TPSA) is 105 Å². The lowest BCUT2D eigenvalue weighted by molar-refractivity contribution is -0.418. The number of anilines is 1. The molecule has 0 aliphatic carbocycles. The summed E-state index contributed by atoms with van der Waals surface area (Å²) >= 11 is 1.54. The Morgan fingerprint density at radius 3 is 2.81 bits per heavy atom. The summed E-state index contributed by atoms with van der Waals surface area (Å²) in [5, 5.41) is 0. The molecule has 1 aromatic heterocycles. The minimum atomic E-state index is -0.570. The number of hydrogen-bond donors (Lipinski definition) is 3. The van der Waals surface area contributed by atoms with Crippen molar-refractivity contribution >= 4 is 28.6 Å². The number of rotatable bonds is 5. The van der Waals surface area contributed by atoms with Gasteiger partial charge >= 0.3 is 5.91 Å². The molecule has 0 bridgehead atoms. The van der Waals surface area contributed by atoms with Gasteiger partial charge in [0.15, 0.2) is 0 Å². The Hall–Kier alpha value is -2.41. The number of carbonyl (C=O) groups is 1. The number of aryl methyl sites for hydroxylation is 1. The first-order valence-corrected chi connectivity index (χ1v) is 7.17. The number of aromatic nitrogens is 1. The van der Waals surface area contributed by atoms with Gasteiger partial charge < -0.3 is 16.2 Å². The maximum atomic E-state index is 11.4. The molecule has 2 aromatic rings. The fourth-order valence-corrected chi connectivity index (χ4v) is 2.53. The number of hydrogen-bond acceptors (Lipinski definition) is 5. The van der Waals surface area contributed by atoms with Gasteiger partial charge in [-0.25, -0.2) is 9.98 Å². The lowest BCUT2D eigenvalue weighted by Gasteiger charge is -2.08. The Kier molecular flexibility index (Phi) is 4.54. The summed E-state index contributed by atoms with van der Waals surface area (Å²) < 4.78 is 5.72. The van der Waals surface area contributed by atoms with Crippen molar-refractivity contribution in [2.75, 3.05) is 12.8 Å². The van der Waals surface area contributed by atoms with E-state index in [4.69, 9.17) is 16.2 Å². The van der Waals surface area contributed by atoms with Crippen molar-refractivity contribution in [3.8, 4) is 5.75 Å². The maximum Gasteiger partial charge on any atom is 0.313 e. The average Bonchev–Trinajstić information content (AvgIpc) is 2.85. The van der Waals surface area contributed by atoms with E-state index in [1.54, 1.807) is 30.8 Å². The summed E-state index contributed by atoms with van der Waals surface area (Å²) in [7, 11) is 1.62. The first kappa shape index (κ1) is 15.0. The summed E-state index contributed by atoms with van der Waals surface area (Å²) in [6.45, 7) is 2.36. The summed E-state index contributed by atoms with van der Waals surface area (Å²) in [5.41, 5.74) is 15.2. The fraction of sp³-hybridized carbons (Fsp3) is 0.214. The van der Waals surface area contributed by atoms with E-state index in [1.165, 1.54) is 11.3 Å². The number of amides is 1. The van der Waals surface area contributed by atoms with Crippen molar-refractivity contribution in [2.45, 2.75) is 13.5 Å². The highest BCUT2D eigenvalue weighted by Gasteiger charge is 2.19. The van der Waals surface area contributed by atoms with Crippen LogP contribution in [0, 0.1) is 6.92 Å². The number of primary amides is 1. The molecule has 1 heterocycles. The molecule has 0 saturated carbocycles. The van der Waals surface area contributed by atoms with Crippen molar-refractivity contribution < 1.29 is 14.5 Å². The molecule has 0 atom stereocenters. The lowest BCUT2D eigenvalue weighted by Crippen LogP contribution is -2.71. The van der Waals surface area contributed by atoms with Crippen LogP contribution in [-0.2, 0) is 11.4 Å². The van der Waals surface area contributed by atoms with E-state index in [-0.39, 0.29) is 5.71 Å². The standard InChI is InChI=1S/C14H16N4O2S/c1-8-12(21-7-18-8)6-20-9-3-4-11(15)10(5-9)13(17-2)14(16)19/h3-5,7H,6,15H2,1-2H3,(H2,16,19)/p+1. The maximum absolute atomic E-state index is 11.4. The van der Waals surface area contributed by atoms with Crippen LogP contribution < -0.4 is 21.2 Å². The molecule has 0 aliphatic heterocycles. The Labute approximate surface area is 126 Å². The molecule has 21 heavy (non-hydrogen) atoms. The largest absolute Gasteiger partial charge is 0.488 e. The first-order valence-electron chi connectivity index (χ1n) is 6.29. The third-order valence-corrected chi connectivity index (χ3v) is 3.91. The number of thiazole rings is 1. The second-order valence-electron chi connectivity index (χ2n) is 4.39. The molecule has 5 N–H and O–H groups in total. The van der Waals surface area contributed by atoms with E-state index in [0.717, 1.165) is 10.6 Å². The highest BCUT2D eigenvalue weighted by atomic mass is 32.1. The van der Waals surface area contributed by atoms with Gasteiger partial charge in [0.05, 0.1) is 21.6 Å². The molecule has 0 aliphatic rings. The highest BCUT2D eigenvalue weighted by Crippen LogP contribution is 2.22. The normalized spacial score (nSPS) is 11.4. The Morgan fingerprint density at radius 1 is 1.48 bits per heavy atom. The number of nitrogens with one attached hydrogen (secondary N) is 1. The van der Waals surface area contributed by atoms with Gasteiger partial charge in [-0.2, -0.15) is 0 Å². The van der Waals surface area contributed by atoms with Crippen LogP contribution in [0.4, 0.5) is 5.69 Å². The highest BCUT2D eigenvalue weighted by molar-refractivity contribution is 7.09. The molecule has 1 amide bonds. The van der Waals surface area contributed by atoms with E-state index in [9.17, 15) is 4.79 Å². The van der Waals surface area contributed by atoms with Gasteiger partial charge in [-0.05, 0) is 25.1 Å². The fourth-order valence-electron chi connectivity index (χ4n) is 1.85. The summed E-state index contributed by atoms with van der Waals surface area (Å²) in [5.74, 6) is 0.0423. The summed E-state index contributed by atoms with van der Waals surface area (Å²) in [4.78, 5) is 19.4. The third-order valence-electron chi connectivity index (χ3n) is 3.01. The van der Waals surface area contributed by atoms with Crippen molar-refractivity contribution in [2.24, 2.45) is 5.73 Å². The minimum Gasteiger partial charge on any atom is -0.488 e. The van der Waals surface area contributed by atoms with Crippen LogP contribution in [0.25, 0.3) is 0 Å². The van der Waals surface area contributed by atoms with Crippen LogP contribution in [0.3, 0.4) is 0 Å². The number of benzene rings is 1. The van der Waals surface area contributed by atoms with Crippen LogP contribution in [0.2, 0.25) is 0 Å². The molecule has 0 unspecified atom stereocenters. The van der Waals surface area contributed by atoms with Crippen molar-refractivity contribution in [3.05, 3.63) is 39.8 Å². The Bertz CT molecular complexity index is 694. The molecular formula is C14H17N4O2S+. The summed E-state index contributed by atoms with van der Waals surface area (Å²) in [6.07, 6.45) is 0. The van der Waals surface area contributed by atoms with Crippen LogP contribution in [0.5, 0.6) is 5.75 Å². The van der Waals surface area contributed by atoms with E-state index < -0.39 is 5.91 Å². The molecule has 2 rings (SSSR count). The molecule has 6 nitrogen and oxygen atoms in total. The molecule has 1 aromatic carbocycles. The number of ether oxygens (including phenoxy) is 1. The van der Waals surface area contributed by atoms with Crippen molar-refractivity contribution in [3.63, 3.8) is 0 Å². The molecule has 110 valence electrons. The van der Waals surface area contributed by atoms with Gasteiger partial charge in [-0.15, -0.1) is 11.3 Å². The van der Waals surface area contributed by atoms with Gasteiger partial charge in [0.1, 0.15) is 19.4 Å². The number of nitrogens with zero attached hydrogens (tertiary/aromatic N) is 1. The lowest BCUT2D eigenvalue weighted by atomic mass is 10.1. The van der Waals surface area contributed by atoms with Crippen LogP contribution in [-0.4, -0.2) is 23.7 Å². The van der Waals surface area contributed by atoms with Gasteiger partial charge in [0.25, 0.3) is 5.71 Å². The van der Waals surface area contributed by atoms with Gasteiger partial charge in [0, 0.05) is 5.69 Å². The quantitative estimate of drug-likeness (QED) is 0.516. The van der Waals surface area contributed by atoms with Crippen molar-refractivity contribution in [1.82, 2.24) is 4.98 Å². The van der Waals surface area contributed by atoms with Gasteiger partial charge in [-0.1, -0.05) is 0 Å². The average molecular weight is 305 g/mol. The van der Waals surface area contributed by atoms with Crippen LogP contribution in [0.15, 0.2) is 23.7 Å². The molecule has 7 heteroatoms. The second-order valence-corrected chi connectivity index (χ2v) is 5.33. The predicted octanol–water partition coefficient (Wildman–Crippen LogP) is -0.402. The minimum absolute atomic E-state index is 0.256. The zero-order chi connectivity index (χ0) is 15.4. The molecule has 0 saturated heterocycles. The van der Waals surface area contributed by atoms with E-state index in [2.05, 4.69) is 9.98 Å². The SMILES string of the molecule is C[NH+]=C(C(N)=O)c1cc(OCc2scnc2C)ccc1N. The smallest absolute Gasteiger partial charge is 0.313 e. The number of nitrogen functional groups attached to an aromatic ring is 1. The Morgan fingerprint density at radius 2 is 2.24 bits per heavy atom. The van der Waals surface area contributed by atoms with Gasteiger partial charge in [-0.3, -0.25) is 4.79 Å². The van der Waals surface area contributed by atoms with E-state index in [1.807, 2.05) is 6.92 Å². The number of nitrogens with two attached hydrogens (primary N) is 2. The zero-order valence-corrected chi connectivity index (χ0v) is 12.7. The predicted molar refractivity (Wildman–Crippen MR) is 82.2 cm³/mol. The third kappa shape index (κ3) is 3.38. The van der Waals surface area contributed by atoms with E-state index >= 15 is 0 Å². The zero-order valence-electron chi connectivity index (χ0n) is 11.8. The second kappa shape index (κ2) is 6.36. The van der Waals surface area contributed by atoms with Crippen LogP contribution >= 0.6 is 11.3 Å².